The molecule has 1 aliphatic heterocycles. The zero-order valence-electron chi connectivity index (χ0n) is 11.2. The van der Waals surface area contributed by atoms with Gasteiger partial charge in [0.2, 0.25) is 11.8 Å². The normalized spacial score (nSPS) is 16.6. The molecule has 1 heterocycles. The maximum absolute atomic E-state index is 11.9. The molecule has 0 aliphatic carbocycles. The number of urea groups is 1. The molecule has 0 unspecified atom stereocenters. The minimum Gasteiger partial charge on any atom is -0.277 e. The Labute approximate surface area is 111 Å². The van der Waals surface area contributed by atoms with Crippen molar-refractivity contribution in [2.45, 2.75) is 32.6 Å². The van der Waals surface area contributed by atoms with Gasteiger partial charge < -0.3 is 0 Å². The van der Waals surface area contributed by atoms with Gasteiger partial charge in [-0.15, -0.1) is 0 Å². The van der Waals surface area contributed by atoms with Crippen LogP contribution in [0.4, 0.5) is 10.5 Å². The van der Waals surface area contributed by atoms with Crippen LogP contribution in [-0.4, -0.2) is 17.8 Å². The van der Waals surface area contributed by atoms with Gasteiger partial charge >= 0.3 is 6.03 Å². The van der Waals surface area contributed by atoms with Gasteiger partial charge in [-0.25, -0.2) is 9.69 Å². The van der Waals surface area contributed by atoms with Crippen LogP contribution in [0.3, 0.4) is 0 Å². The minimum absolute atomic E-state index is 0.210. The molecule has 1 aromatic carbocycles. The molecule has 1 N–H and O–H groups in total. The first-order valence-corrected chi connectivity index (χ1v) is 6.07. The van der Waals surface area contributed by atoms with Crippen molar-refractivity contribution < 1.29 is 14.4 Å². The van der Waals surface area contributed by atoms with Crippen LogP contribution >= 0.6 is 0 Å². The van der Waals surface area contributed by atoms with Gasteiger partial charge in [0.15, 0.2) is 0 Å². The summed E-state index contributed by atoms with van der Waals surface area (Å²) in [6, 6.07) is 6.54. The van der Waals surface area contributed by atoms with Crippen LogP contribution in [0.25, 0.3) is 0 Å². The third kappa shape index (κ3) is 2.50. The highest BCUT2D eigenvalue weighted by Gasteiger charge is 2.34. The van der Waals surface area contributed by atoms with Crippen LogP contribution in [0.15, 0.2) is 24.3 Å². The Morgan fingerprint density at radius 3 is 2.32 bits per heavy atom. The summed E-state index contributed by atoms with van der Waals surface area (Å²) in [4.78, 5) is 36.0. The summed E-state index contributed by atoms with van der Waals surface area (Å²) < 4.78 is 0. The van der Waals surface area contributed by atoms with Gasteiger partial charge in [0.25, 0.3) is 0 Å². The van der Waals surface area contributed by atoms with E-state index in [4.69, 9.17) is 0 Å². The van der Waals surface area contributed by atoms with Crippen molar-refractivity contribution in [2.24, 2.45) is 0 Å². The summed E-state index contributed by atoms with van der Waals surface area (Å²) in [6.45, 7) is 6.01. The maximum Gasteiger partial charge on any atom is 0.335 e. The predicted molar refractivity (Wildman–Crippen MR) is 70.8 cm³/mol. The third-order valence-electron chi connectivity index (χ3n) is 2.96. The molecule has 100 valence electrons. The lowest BCUT2D eigenvalue weighted by Crippen LogP contribution is -2.53. The lowest BCUT2D eigenvalue weighted by atomic mass is 9.85. The van der Waals surface area contributed by atoms with E-state index in [1.165, 1.54) is 0 Å². The molecule has 5 heteroatoms. The first-order valence-electron chi connectivity index (χ1n) is 6.07. The number of benzene rings is 1. The number of nitrogens with zero attached hydrogens (tertiary/aromatic N) is 1. The number of rotatable bonds is 1. The summed E-state index contributed by atoms with van der Waals surface area (Å²) in [7, 11) is 0. The van der Waals surface area contributed by atoms with Crippen molar-refractivity contribution in [3.05, 3.63) is 29.8 Å². The Morgan fingerprint density at radius 2 is 1.74 bits per heavy atom. The number of amides is 4. The third-order valence-corrected chi connectivity index (χ3v) is 2.96. The van der Waals surface area contributed by atoms with Crippen molar-refractivity contribution in [1.82, 2.24) is 5.32 Å². The Balaban J connectivity index is 2.50. The van der Waals surface area contributed by atoms with Crippen LogP contribution in [-0.2, 0) is 15.0 Å². The first-order chi connectivity index (χ1) is 8.80. The van der Waals surface area contributed by atoms with E-state index >= 15 is 0 Å². The number of para-hydroxylation sites is 1. The average molecular weight is 260 g/mol. The topological polar surface area (TPSA) is 66.5 Å². The highest BCUT2D eigenvalue weighted by atomic mass is 16.2. The molecule has 1 aromatic rings. The van der Waals surface area contributed by atoms with Crippen molar-refractivity contribution in [3.8, 4) is 0 Å². The molecule has 0 radical (unpaired) electrons. The Bertz CT molecular complexity index is 538. The highest BCUT2D eigenvalue weighted by Crippen LogP contribution is 2.32. The number of hydrogen-bond donors (Lipinski definition) is 1. The van der Waals surface area contributed by atoms with E-state index in [0.29, 0.717) is 5.69 Å². The molecule has 0 saturated carbocycles. The van der Waals surface area contributed by atoms with Crippen LogP contribution < -0.4 is 10.2 Å². The van der Waals surface area contributed by atoms with Crippen LogP contribution in [0.2, 0.25) is 0 Å². The highest BCUT2D eigenvalue weighted by molar-refractivity contribution is 6.26. The van der Waals surface area contributed by atoms with Gasteiger partial charge in [0.05, 0.1) is 5.69 Å². The number of carbonyl (C=O) groups is 3. The van der Waals surface area contributed by atoms with Crippen LogP contribution in [0.5, 0.6) is 0 Å². The van der Waals surface area contributed by atoms with E-state index in [1.54, 1.807) is 12.1 Å². The molecule has 5 nitrogen and oxygen atoms in total. The van der Waals surface area contributed by atoms with Gasteiger partial charge in [-0.3, -0.25) is 14.9 Å². The standard InChI is InChI=1S/C14H16N2O3/c1-14(2,3)9-6-4-5-7-10(9)16-12(18)8-11(17)15-13(16)19/h4-7H,8H2,1-3H3,(H,15,17,19). The average Bonchev–Trinajstić information content (AvgIpc) is 2.26. The largest absolute Gasteiger partial charge is 0.335 e. The van der Waals surface area contributed by atoms with Crippen molar-refractivity contribution in [3.63, 3.8) is 0 Å². The minimum atomic E-state index is -0.682. The zero-order chi connectivity index (χ0) is 14.2. The number of carbonyl (C=O) groups excluding carboxylic acids is 3. The van der Waals surface area contributed by atoms with Crippen LogP contribution in [0, 0.1) is 0 Å². The second-order valence-corrected chi connectivity index (χ2v) is 5.53. The van der Waals surface area contributed by atoms with E-state index in [2.05, 4.69) is 5.32 Å². The summed E-state index contributed by atoms with van der Waals surface area (Å²) >= 11 is 0. The maximum atomic E-state index is 11.9. The van der Waals surface area contributed by atoms with E-state index < -0.39 is 17.8 Å². The fourth-order valence-electron chi connectivity index (χ4n) is 2.10. The zero-order valence-corrected chi connectivity index (χ0v) is 11.2. The van der Waals surface area contributed by atoms with Gasteiger partial charge in [-0.05, 0) is 17.0 Å². The Hall–Kier alpha value is -2.17. The fraction of sp³-hybridized carbons (Fsp3) is 0.357. The summed E-state index contributed by atoms with van der Waals surface area (Å²) in [6.07, 6.45) is -0.301. The molecule has 0 spiro atoms. The molecule has 2 rings (SSSR count). The van der Waals surface area contributed by atoms with E-state index in [0.717, 1.165) is 10.5 Å². The lowest BCUT2D eigenvalue weighted by molar-refractivity contribution is -0.128. The molecular weight excluding hydrogens is 244 g/mol. The van der Waals surface area contributed by atoms with Gasteiger partial charge in [0.1, 0.15) is 6.42 Å². The van der Waals surface area contributed by atoms with Gasteiger partial charge in [-0.1, -0.05) is 39.0 Å². The summed E-state index contributed by atoms with van der Waals surface area (Å²) in [5.74, 6) is -1.05. The second-order valence-electron chi connectivity index (χ2n) is 5.53. The second kappa shape index (κ2) is 4.50. The Kier molecular flexibility index (Phi) is 3.14. The summed E-state index contributed by atoms with van der Waals surface area (Å²) in [5.41, 5.74) is 1.20. The smallest absolute Gasteiger partial charge is 0.277 e. The van der Waals surface area contributed by atoms with E-state index in [1.807, 2.05) is 32.9 Å². The predicted octanol–water partition coefficient (Wildman–Crippen LogP) is 1.96. The molecule has 19 heavy (non-hydrogen) atoms. The fourth-order valence-corrected chi connectivity index (χ4v) is 2.10. The number of barbiturate groups is 1. The van der Waals surface area contributed by atoms with Crippen molar-refractivity contribution in [2.75, 3.05) is 4.90 Å². The quantitative estimate of drug-likeness (QED) is 0.785. The monoisotopic (exact) mass is 260 g/mol. The molecule has 1 saturated heterocycles. The number of hydrogen-bond acceptors (Lipinski definition) is 3. The molecule has 0 bridgehead atoms. The van der Waals surface area contributed by atoms with E-state index in [9.17, 15) is 14.4 Å². The number of imide groups is 2. The number of nitrogens with one attached hydrogen (secondary N) is 1. The van der Waals surface area contributed by atoms with Gasteiger partial charge in [0, 0.05) is 0 Å². The van der Waals surface area contributed by atoms with Crippen LogP contribution in [0.1, 0.15) is 32.8 Å². The molecule has 0 atom stereocenters. The van der Waals surface area contributed by atoms with E-state index in [-0.39, 0.29) is 11.8 Å². The number of anilines is 1. The molecule has 1 fully saturated rings. The Morgan fingerprint density at radius 1 is 1.11 bits per heavy atom. The lowest BCUT2D eigenvalue weighted by Gasteiger charge is -2.30. The molecular formula is C14H16N2O3. The summed E-state index contributed by atoms with van der Waals surface area (Å²) in [5, 5.41) is 2.16. The molecule has 1 aliphatic rings. The van der Waals surface area contributed by atoms with Crippen molar-refractivity contribution in [1.29, 1.82) is 0 Å². The first kappa shape index (κ1) is 13.3. The SMILES string of the molecule is CC(C)(C)c1ccccc1N1C(=O)CC(=O)NC1=O. The van der Waals surface area contributed by atoms with Crippen molar-refractivity contribution >= 4 is 23.5 Å². The molecule has 0 aromatic heterocycles. The van der Waals surface area contributed by atoms with Gasteiger partial charge in [-0.2, -0.15) is 0 Å². The molecule has 4 amide bonds.